The molecule has 20 heavy (non-hydrogen) atoms. The van der Waals surface area contributed by atoms with Gasteiger partial charge in [-0.1, -0.05) is 29.8 Å². The number of aromatic nitrogens is 2. The first kappa shape index (κ1) is 13.0. The van der Waals surface area contributed by atoms with Crippen LogP contribution in [0.5, 0.6) is 5.75 Å². The summed E-state index contributed by atoms with van der Waals surface area (Å²) in [5, 5.41) is 10.6. The Kier molecular flexibility index (Phi) is 3.36. The van der Waals surface area contributed by atoms with Gasteiger partial charge in [-0.25, -0.2) is 4.98 Å². The van der Waals surface area contributed by atoms with Crippen molar-refractivity contribution >= 4 is 22.6 Å². The third-order valence-corrected chi connectivity index (χ3v) is 3.68. The zero-order valence-electron chi connectivity index (χ0n) is 11.2. The van der Waals surface area contributed by atoms with E-state index in [0.29, 0.717) is 17.2 Å². The molecule has 0 atom stereocenters. The topological polar surface area (TPSA) is 38.0 Å². The molecule has 0 unspecified atom stereocenters. The molecule has 0 aliphatic heterocycles. The molecule has 0 radical (unpaired) electrons. The van der Waals surface area contributed by atoms with Crippen LogP contribution in [-0.2, 0) is 13.0 Å². The smallest absolute Gasteiger partial charge is 0.119 e. The fourth-order valence-corrected chi connectivity index (χ4v) is 2.63. The van der Waals surface area contributed by atoms with Crippen molar-refractivity contribution in [1.29, 1.82) is 0 Å². The summed E-state index contributed by atoms with van der Waals surface area (Å²) in [6, 6.07) is 13.1. The zero-order chi connectivity index (χ0) is 14.1. The van der Waals surface area contributed by atoms with Gasteiger partial charge in [0.2, 0.25) is 0 Å². The second-order valence-electron chi connectivity index (χ2n) is 4.71. The molecule has 2 aromatic carbocycles. The summed E-state index contributed by atoms with van der Waals surface area (Å²) < 4.78 is 2.13. The molecule has 3 rings (SSSR count). The average Bonchev–Trinajstić information content (AvgIpc) is 2.78. The van der Waals surface area contributed by atoms with Gasteiger partial charge in [0.15, 0.2) is 0 Å². The van der Waals surface area contributed by atoms with Crippen molar-refractivity contribution in [1.82, 2.24) is 9.55 Å². The first-order valence-corrected chi connectivity index (χ1v) is 6.98. The van der Waals surface area contributed by atoms with E-state index in [2.05, 4.69) is 16.5 Å². The summed E-state index contributed by atoms with van der Waals surface area (Å²) in [6.07, 6.45) is 0.604. The number of hydrogen-bond donors (Lipinski definition) is 1. The van der Waals surface area contributed by atoms with E-state index in [1.165, 1.54) is 0 Å². The van der Waals surface area contributed by atoms with E-state index < -0.39 is 0 Å². The lowest BCUT2D eigenvalue weighted by Gasteiger charge is -2.07. The SMILES string of the molecule is CCn1c(Cc2ccccc2O)nc2ccc(Cl)cc21. The molecular weight excluding hydrogens is 272 g/mol. The van der Waals surface area contributed by atoms with E-state index in [4.69, 9.17) is 11.6 Å². The van der Waals surface area contributed by atoms with E-state index in [1.807, 2.05) is 36.4 Å². The number of nitrogens with zero attached hydrogens (tertiary/aromatic N) is 2. The van der Waals surface area contributed by atoms with Crippen LogP contribution < -0.4 is 0 Å². The largest absolute Gasteiger partial charge is 0.508 e. The maximum absolute atomic E-state index is 9.90. The minimum atomic E-state index is 0.306. The Morgan fingerprint density at radius 3 is 2.75 bits per heavy atom. The maximum Gasteiger partial charge on any atom is 0.119 e. The van der Waals surface area contributed by atoms with Crippen LogP contribution in [-0.4, -0.2) is 14.7 Å². The Morgan fingerprint density at radius 2 is 2.00 bits per heavy atom. The Labute approximate surface area is 122 Å². The van der Waals surface area contributed by atoms with Crippen molar-refractivity contribution in [3.8, 4) is 5.75 Å². The monoisotopic (exact) mass is 286 g/mol. The molecule has 0 aliphatic rings. The van der Waals surface area contributed by atoms with Crippen molar-refractivity contribution < 1.29 is 5.11 Å². The highest BCUT2D eigenvalue weighted by molar-refractivity contribution is 6.31. The summed E-state index contributed by atoms with van der Waals surface area (Å²) in [7, 11) is 0. The molecule has 0 spiro atoms. The fraction of sp³-hybridized carbons (Fsp3) is 0.188. The third kappa shape index (κ3) is 2.25. The highest BCUT2D eigenvalue weighted by Crippen LogP contribution is 2.24. The van der Waals surface area contributed by atoms with Crippen LogP contribution in [0.2, 0.25) is 5.02 Å². The van der Waals surface area contributed by atoms with Crippen molar-refractivity contribution in [2.75, 3.05) is 0 Å². The normalized spacial score (nSPS) is 11.1. The summed E-state index contributed by atoms with van der Waals surface area (Å²) in [5.74, 6) is 1.24. The number of aromatic hydroxyl groups is 1. The lowest BCUT2D eigenvalue weighted by molar-refractivity contribution is 0.468. The number of halogens is 1. The minimum absolute atomic E-state index is 0.306. The van der Waals surface area contributed by atoms with Gasteiger partial charge in [0.25, 0.3) is 0 Å². The second kappa shape index (κ2) is 5.17. The van der Waals surface area contributed by atoms with E-state index >= 15 is 0 Å². The molecule has 3 aromatic rings. The molecule has 102 valence electrons. The first-order chi connectivity index (χ1) is 9.69. The molecule has 1 heterocycles. The number of benzene rings is 2. The van der Waals surface area contributed by atoms with E-state index in [1.54, 1.807) is 6.07 Å². The standard InChI is InChI=1S/C16H15ClN2O/c1-2-19-14-10-12(17)7-8-13(14)18-16(19)9-11-5-3-4-6-15(11)20/h3-8,10,20H,2,9H2,1H3. The van der Waals surface area contributed by atoms with Gasteiger partial charge < -0.3 is 9.67 Å². The third-order valence-electron chi connectivity index (χ3n) is 3.45. The molecule has 1 aromatic heterocycles. The number of phenols is 1. The number of aryl methyl sites for hydroxylation is 1. The Bertz CT molecular complexity index is 764. The molecule has 0 aliphatic carbocycles. The van der Waals surface area contributed by atoms with Crippen LogP contribution >= 0.6 is 11.6 Å². The first-order valence-electron chi connectivity index (χ1n) is 6.60. The number of phenolic OH excluding ortho intramolecular Hbond substituents is 1. The highest BCUT2D eigenvalue weighted by Gasteiger charge is 2.12. The van der Waals surface area contributed by atoms with Gasteiger partial charge in [-0.15, -0.1) is 0 Å². The fourth-order valence-electron chi connectivity index (χ4n) is 2.46. The van der Waals surface area contributed by atoms with Crippen molar-refractivity contribution in [2.45, 2.75) is 19.9 Å². The minimum Gasteiger partial charge on any atom is -0.508 e. The van der Waals surface area contributed by atoms with Gasteiger partial charge in [-0.3, -0.25) is 0 Å². The highest BCUT2D eigenvalue weighted by atomic mass is 35.5. The Balaban J connectivity index is 2.10. The Hall–Kier alpha value is -2.00. The lowest BCUT2D eigenvalue weighted by Crippen LogP contribution is -2.02. The molecule has 0 fully saturated rings. The predicted octanol–water partition coefficient (Wildman–Crippen LogP) is 4.01. The summed E-state index contributed by atoms with van der Waals surface area (Å²) in [6.45, 7) is 2.90. The number of fused-ring (bicyclic) bond motifs is 1. The van der Waals surface area contributed by atoms with E-state index in [0.717, 1.165) is 29.0 Å². The van der Waals surface area contributed by atoms with Gasteiger partial charge in [0.05, 0.1) is 11.0 Å². The molecule has 3 nitrogen and oxygen atoms in total. The van der Waals surface area contributed by atoms with Gasteiger partial charge >= 0.3 is 0 Å². The summed E-state index contributed by atoms with van der Waals surface area (Å²) in [5.41, 5.74) is 2.84. The molecule has 0 saturated carbocycles. The van der Waals surface area contributed by atoms with Crippen molar-refractivity contribution in [3.63, 3.8) is 0 Å². The summed E-state index contributed by atoms with van der Waals surface area (Å²) >= 11 is 6.06. The van der Waals surface area contributed by atoms with Crippen LogP contribution in [0, 0.1) is 0 Å². The number of imidazole rings is 1. The van der Waals surface area contributed by atoms with Crippen molar-refractivity contribution in [2.24, 2.45) is 0 Å². The van der Waals surface area contributed by atoms with E-state index in [9.17, 15) is 5.11 Å². The molecule has 1 N–H and O–H groups in total. The van der Waals surface area contributed by atoms with Gasteiger partial charge in [0.1, 0.15) is 11.6 Å². The second-order valence-corrected chi connectivity index (χ2v) is 5.15. The van der Waals surface area contributed by atoms with Gasteiger partial charge in [-0.05, 0) is 31.2 Å². The number of rotatable bonds is 3. The number of hydrogen-bond acceptors (Lipinski definition) is 2. The quantitative estimate of drug-likeness (QED) is 0.790. The lowest BCUT2D eigenvalue weighted by atomic mass is 10.1. The van der Waals surface area contributed by atoms with Crippen LogP contribution in [0.3, 0.4) is 0 Å². The Morgan fingerprint density at radius 1 is 1.20 bits per heavy atom. The van der Waals surface area contributed by atoms with Gasteiger partial charge in [-0.2, -0.15) is 0 Å². The molecule has 4 heteroatoms. The molecular formula is C16H15ClN2O. The maximum atomic E-state index is 9.90. The average molecular weight is 287 g/mol. The number of para-hydroxylation sites is 1. The van der Waals surface area contributed by atoms with Crippen LogP contribution in [0.4, 0.5) is 0 Å². The molecule has 0 amide bonds. The van der Waals surface area contributed by atoms with Crippen LogP contribution in [0.1, 0.15) is 18.3 Å². The molecule has 0 saturated heterocycles. The zero-order valence-corrected chi connectivity index (χ0v) is 11.9. The predicted molar refractivity (Wildman–Crippen MR) is 81.3 cm³/mol. The summed E-state index contributed by atoms with van der Waals surface area (Å²) in [4.78, 5) is 4.65. The van der Waals surface area contributed by atoms with Crippen LogP contribution in [0.15, 0.2) is 42.5 Å². The van der Waals surface area contributed by atoms with Crippen molar-refractivity contribution in [3.05, 3.63) is 58.9 Å². The van der Waals surface area contributed by atoms with Crippen LogP contribution in [0.25, 0.3) is 11.0 Å². The van der Waals surface area contributed by atoms with Gasteiger partial charge in [0, 0.05) is 23.6 Å². The molecule has 0 bridgehead atoms. The van der Waals surface area contributed by atoms with E-state index in [-0.39, 0.29) is 0 Å².